The van der Waals surface area contributed by atoms with E-state index in [2.05, 4.69) is 23.5 Å². The number of fused-ring (bicyclic) bond motifs is 2. The van der Waals surface area contributed by atoms with E-state index in [0.29, 0.717) is 5.58 Å². The Morgan fingerprint density at radius 2 is 1.45 bits per heavy atom. The van der Waals surface area contributed by atoms with E-state index < -0.39 is 0 Å². The molecule has 0 spiro atoms. The second-order valence-corrected chi connectivity index (χ2v) is 5.13. The summed E-state index contributed by atoms with van der Waals surface area (Å²) < 4.78 is 5.23. The molecule has 0 atom stereocenters. The summed E-state index contributed by atoms with van der Waals surface area (Å²) in [6.45, 7) is 0. The van der Waals surface area contributed by atoms with Crippen molar-refractivity contribution in [2.24, 2.45) is 0 Å². The molecule has 3 aromatic carbocycles. The molecule has 0 saturated heterocycles. The molecule has 0 aliphatic rings. The van der Waals surface area contributed by atoms with Gasteiger partial charge in [-0.1, -0.05) is 48.5 Å². The molecule has 0 saturated carbocycles. The highest BCUT2D eigenvalue weighted by atomic mass is 16.4. The lowest BCUT2D eigenvalue weighted by atomic mass is 10.1. The molecule has 0 bridgehead atoms. The van der Waals surface area contributed by atoms with Gasteiger partial charge in [-0.15, -0.1) is 0 Å². The molecular formula is C19H13NO2. The highest BCUT2D eigenvalue weighted by Crippen LogP contribution is 2.29. The molecule has 0 fully saturated rings. The van der Waals surface area contributed by atoms with E-state index in [9.17, 15) is 4.79 Å². The summed E-state index contributed by atoms with van der Waals surface area (Å²) in [5.41, 5.74) is 1.94. The molecule has 3 nitrogen and oxygen atoms in total. The zero-order valence-corrected chi connectivity index (χ0v) is 11.7. The van der Waals surface area contributed by atoms with Crippen molar-refractivity contribution in [1.29, 1.82) is 0 Å². The van der Waals surface area contributed by atoms with Crippen LogP contribution in [0.5, 0.6) is 0 Å². The second-order valence-electron chi connectivity index (χ2n) is 5.13. The fourth-order valence-corrected chi connectivity index (χ4v) is 2.69. The number of rotatable bonds is 2. The molecule has 0 unspecified atom stereocenters. The highest BCUT2D eigenvalue weighted by molar-refractivity contribution is 5.99. The molecule has 1 heterocycles. The van der Waals surface area contributed by atoms with Crippen molar-refractivity contribution in [3.63, 3.8) is 0 Å². The van der Waals surface area contributed by atoms with Crippen LogP contribution in [-0.2, 0) is 0 Å². The van der Waals surface area contributed by atoms with Gasteiger partial charge in [0.15, 0.2) is 0 Å². The monoisotopic (exact) mass is 287 g/mol. The number of benzene rings is 3. The number of hydrogen-bond donors (Lipinski definition) is 1. The summed E-state index contributed by atoms with van der Waals surface area (Å²) in [6.07, 6.45) is 0. The molecule has 22 heavy (non-hydrogen) atoms. The van der Waals surface area contributed by atoms with E-state index in [1.807, 2.05) is 42.5 Å². The quantitative estimate of drug-likeness (QED) is 0.544. The van der Waals surface area contributed by atoms with Gasteiger partial charge in [0.05, 0.1) is 5.69 Å². The molecule has 1 N–H and O–H groups in total. The third-order valence-electron chi connectivity index (χ3n) is 3.71. The fourth-order valence-electron chi connectivity index (χ4n) is 2.69. The first kappa shape index (κ1) is 12.7. The average Bonchev–Trinajstić information content (AvgIpc) is 2.55. The van der Waals surface area contributed by atoms with Crippen LogP contribution in [0, 0.1) is 0 Å². The van der Waals surface area contributed by atoms with Crippen LogP contribution in [0.4, 0.5) is 11.4 Å². The number of hydrogen-bond acceptors (Lipinski definition) is 3. The van der Waals surface area contributed by atoms with E-state index >= 15 is 0 Å². The summed E-state index contributed by atoms with van der Waals surface area (Å²) in [7, 11) is 0. The molecule has 0 radical (unpaired) electrons. The largest absolute Gasteiger partial charge is 0.423 e. The Labute approximate surface area is 126 Å². The van der Waals surface area contributed by atoms with E-state index in [4.69, 9.17) is 4.42 Å². The molecule has 4 rings (SSSR count). The van der Waals surface area contributed by atoms with Gasteiger partial charge in [0, 0.05) is 22.5 Å². The molecule has 106 valence electrons. The molecule has 4 aromatic rings. The standard InChI is InChI=1S/C19H13NO2/c21-19-12-17(15-9-3-4-11-18(15)22-19)20-16-10-5-7-13-6-1-2-8-14(13)16/h1-12,20H. The number of nitrogens with one attached hydrogen (secondary N) is 1. The van der Waals surface area contributed by atoms with Gasteiger partial charge >= 0.3 is 5.63 Å². The second kappa shape index (κ2) is 5.04. The van der Waals surface area contributed by atoms with Crippen molar-refractivity contribution in [3.05, 3.63) is 83.2 Å². The Kier molecular flexibility index (Phi) is 2.90. The van der Waals surface area contributed by atoms with Crippen molar-refractivity contribution in [1.82, 2.24) is 0 Å². The third-order valence-corrected chi connectivity index (χ3v) is 3.71. The van der Waals surface area contributed by atoms with Crippen molar-refractivity contribution < 1.29 is 4.42 Å². The molecule has 1 aromatic heterocycles. The first-order valence-electron chi connectivity index (χ1n) is 7.09. The minimum atomic E-state index is -0.360. The molecule has 0 aliphatic heterocycles. The summed E-state index contributed by atoms with van der Waals surface area (Å²) in [5.74, 6) is 0. The lowest BCUT2D eigenvalue weighted by molar-refractivity contribution is 0.561. The molecule has 0 amide bonds. The predicted octanol–water partition coefficient (Wildman–Crippen LogP) is 4.69. The highest BCUT2D eigenvalue weighted by Gasteiger charge is 2.07. The molecule has 0 aliphatic carbocycles. The van der Waals surface area contributed by atoms with Gasteiger partial charge in [-0.05, 0) is 23.6 Å². The van der Waals surface area contributed by atoms with Crippen LogP contribution in [0.25, 0.3) is 21.7 Å². The third kappa shape index (κ3) is 2.13. The van der Waals surface area contributed by atoms with Crippen LogP contribution in [0.1, 0.15) is 0 Å². The Morgan fingerprint density at radius 1 is 0.727 bits per heavy atom. The van der Waals surface area contributed by atoms with Crippen molar-refractivity contribution in [2.75, 3.05) is 5.32 Å². The van der Waals surface area contributed by atoms with Crippen molar-refractivity contribution in [3.8, 4) is 0 Å². The minimum Gasteiger partial charge on any atom is -0.423 e. The van der Waals surface area contributed by atoms with Gasteiger partial charge in [0.1, 0.15) is 5.58 Å². The van der Waals surface area contributed by atoms with Crippen LogP contribution >= 0.6 is 0 Å². The van der Waals surface area contributed by atoms with Crippen LogP contribution in [0.3, 0.4) is 0 Å². The van der Waals surface area contributed by atoms with Crippen molar-refractivity contribution in [2.45, 2.75) is 0 Å². The van der Waals surface area contributed by atoms with Crippen LogP contribution < -0.4 is 10.9 Å². The topological polar surface area (TPSA) is 42.2 Å². The fraction of sp³-hybridized carbons (Fsp3) is 0. The van der Waals surface area contributed by atoms with E-state index in [1.54, 1.807) is 6.07 Å². The maximum atomic E-state index is 11.8. The van der Waals surface area contributed by atoms with E-state index in [1.165, 1.54) is 6.07 Å². The Bertz CT molecular complexity index is 1030. The zero-order valence-electron chi connectivity index (χ0n) is 11.7. The van der Waals surface area contributed by atoms with Crippen LogP contribution in [-0.4, -0.2) is 0 Å². The summed E-state index contributed by atoms with van der Waals surface area (Å²) in [4.78, 5) is 11.8. The number of para-hydroxylation sites is 1. The lowest BCUT2D eigenvalue weighted by Crippen LogP contribution is -2.01. The zero-order chi connectivity index (χ0) is 14.9. The van der Waals surface area contributed by atoms with Crippen LogP contribution in [0.2, 0.25) is 0 Å². The summed E-state index contributed by atoms with van der Waals surface area (Å²) >= 11 is 0. The Morgan fingerprint density at radius 3 is 2.36 bits per heavy atom. The first-order chi connectivity index (χ1) is 10.8. The Balaban J connectivity index is 1.91. The SMILES string of the molecule is O=c1cc(Nc2cccc3ccccc23)c2ccccc2o1. The van der Waals surface area contributed by atoms with Gasteiger partial charge in [0.2, 0.25) is 0 Å². The molecular weight excluding hydrogens is 274 g/mol. The summed E-state index contributed by atoms with van der Waals surface area (Å²) in [5, 5.41) is 6.52. The normalized spacial score (nSPS) is 10.9. The van der Waals surface area contributed by atoms with Crippen LogP contribution in [0.15, 0.2) is 82.0 Å². The molecule has 3 heteroatoms. The first-order valence-corrected chi connectivity index (χ1v) is 7.09. The predicted molar refractivity (Wildman–Crippen MR) is 89.7 cm³/mol. The van der Waals surface area contributed by atoms with Gasteiger partial charge in [-0.2, -0.15) is 0 Å². The maximum absolute atomic E-state index is 11.8. The van der Waals surface area contributed by atoms with Gasteiger partial charge in [-0.25, -0.2) is 4.79 Å². The van der Waals surface area contributed by atoms with E-state index in [0.717, 1.165) is 27.5 Å². The lowest BCUT2D eigenvalue weighted by Gasteiger charge is -2.11. The van der Waals surface area contributed by atoms with Gasteiger partial charge in [-0.3, -0.25) is 0 Å². The van der Waals surface area contributed by atoms with Crippen molar-refractivity contribution >= 4 is 33.1 Å². The van der Waals surface area contributed by atoms with E-state index in [-0.39, 0.29) is 5.63 Å². The minimum absolute atomic E-state index is 0.360. The van der Waals surface area contributed by atoms with Gasteiger partial charge < -0.3 is 9.73 Å². The average molecular weight is 287 g/mol. The number of anilines is 2. The smallest absolute Gasteiger partial charge is 0.338 e. The summed E-state index contributed by atoms with van der Waals surface area (Å²) in [6, 6.07) is 23.2. The Hall–Kier alpha value is -3.07. The maximum Gasteiger partial charge on any atom is 0.338 e. The van der Waals surface area contributed by atoms with Gasteiger partial charge in [0.25, 0.3) is 0 Å².